The Balaban J connectivity index is 2.43. The molecule has 0 N–H and O–H groups in total. The molecule has 0 aliphatic carbocycles. The number of nitriles is 1. The Labute approximate surface area is 97.7 Å². The SMILES string of the molecule is CCCCCN(C)Cc1ccnc(C#N)c1. The predicted octanol–water partition coefficient (Wildman–Crippen LogP) is 2.58. The third-order valence-corrected chi connectivity index (χ3v) is 2.53. The lowest BCUT2D eigenvalue weighted by Crippen LogP contribution is -2.19. The number of rotatable bonds is 6. The van der Waals surface area contributed by atoms with Gasteiger partial charge in [0.05, 0.1) is 0 Å². The Kier molecular flexibility index (Phi) is 5.52. The Hall–Kier alpha value is -1.40. The third-order valence-electron chi connectivity index (χ3n) is 2.53. The quantitative estimate of drug-likeness (QED) is 0.687. The van der Waals surface area contributed by atoms with Crippen LogP contribution < -0.4 is 0 Å². The minimum atomic E-state index is 0.499. The van der Waals surface area contributed by atoms with Gasteiger partial charge in [-0.05, 0) is 37.7 Å². The van der Waals surface area contributed by atoms with Gasteiger partial charge in [0, 0.05) is 12.7 Å². The van der Waals surface area contributed by atoms with E-state index < -0.39 is 0 Å². The molecular formula is C13H19N3. The molecule has 0 unspecified atom stereocenters. The third kappa shape index (κ3) is 4.41. The fourth-order valence-electron chi connectivity index (χ4n) is 1.66. The van der Waals surface area contributed by atoms with Gasteiger partial charge in [0.1, 0.15) is 11.8 Å². The summed E-state index contributed by atoms with van der Waals surface area (Å²) in [6, 6.07) is 5.89. The van der Waals surface area contributed by atoms with Crippen LogP contribution in [0.15, 0.2) is 18.3 Å². The van der Waals surface area contributed by atoms with Crippen LogP contribution in [0.25, 0.3) is 0 Å². The molecule has 0 saturated carbocycles. The topological polar surface area (TPSA) is 39.9 Å². The molecule has 0 aliphatic rings. The average Bonchev–Trinajstić information content (AvgIpc) is 2.29. The van der Waals surface area contributed by atoms with E-state index in [1.165, 1.54) is 19.3 Å². The molecule has 1 rings (SSSR count). The largest absolute Gasteiger partial charge is 0.302 e. The minimum Gasteiger partial charge on any atom is -0.302 e. The van der Waals surface area contributed by atoms with Gasteiger partial charge in [0.2, 0.25) is 0 Å². The standard InChI is InChI=1S/C13H19N3/c1-3-4-5-8-16(2)11-12-6-7-15-13(9-12)10-14/h6-7,9H,3-5,8,11H2,1-2H3. The van der Waals surface area contributed by atoms with Crippen molar-refractivity contribution >= 4 is 0 Å². The second kappa shape index (κ2) is 6.97. The van der Waals surface area contributed by atoms with Gasteiger partial charge in [0.15, 0.2) is 0 Å². The summed E-state index contributed by atoms with van der Waals surface area (Å²) >= 11 is 0. The van der Waals surface area contributed by atoms with Crippen LogP contribution >= 0.6 is 0 Å². The van der Waals surface area contributed by atoms with E-state index in [4.69, 9.17) is 5.26 Å². The highest BCUT2D eigenvalue weighted by Crippen LogP contribution is 2.05. The monoisotopic (exact) mass is 217 g/mol. The van der Waals surface area contributed by atoms with Crippen LogP contribution in [0.5, 0.6) is 0 Å². The summed E-state index contributed by atoms with van der Waals surface area (Å²) in [5.74, 6) is 0. The lowest BCUT2D eigenvalue weighted by Gasteiger charge is -2.16. The summed E-state index contributed by atoms with van der Waals surface area (Å²) in [6.07, 6.45) is 5.47. The molecule has 0 spiro atoms. The van der Waals surface area contributed by atoms with Crippen molar-refractivity contribution < 1.29 is 0 Å². The number of hydrogen-bond donors (Lipinski definition) is 0. The summed E-state index contributed by atoms with van der Waals surface area (Å²) in [5, 5.41) is 8.74. The first-order valence-electron chi connectivity index (χ1n) is 5.80. The maximum absolute atomic E-state index is 8.74. The van der Waals surface area contributed by atoms with Crippen molar-refractivity contribution in [2.24, 2.45) is 0 Å². The van der Waals surface area contributed by atoms with Crippen molar-refractivity contribution in [3.63, 3.8) is 0 Å². The summed E-state index contributed by atoms with van der Waals surface area (Å²) in [6.45, 7) is 4.21. The van der Waals surface area contributed by atoms with Crippen molar-refractivity contribution in [3.05, 3.63) is 29.6 Å². The van der Waals surface area contributed by atoms with Gasteiger partial charge < -0.3 is 4.90 Å². The fourth-order valence-corrected chi connectivity index (χ4v) is 1.66. The van der Waals surface area contributed by atoms with Crippen molar-refractivity contribution in [2.75, 3.05) is 13.6 Å². The molecule has 3 nitrogen and oxygen atoms in total. The summed E-state index contributed by atoms with van der Waals surface area (Å²) in [7, 11) is 2.11. The second-order valence-electron chi connectivity index (χ2n) is 4.11. The molecule has 0 aromatic carbocycles. The van der Waals surface area contributed by atoms with Crippen LogP contribution in [-0.2, 0) is 6.54 Å². The molecule has 0 saturated heterocycles. The highest BCUT2D eigenvalue weighted by atomic mass is 15.1. The lowest BCUT2D eigenvalue weighted by molar-refractivity contribution is 0.318. The molecule has 0 bridgehead atoms. The molecule has 1 aromatic heterocycles. The number of nitrogens with zero attached hydrogens (tertiary/aromatic N) is 3. The van der Waals surface area contributed by atoms with Crippen molar-refractivity contribution in [3.8, 4) is 6.07 Å². The molecule has 16 heavy (non-hydrogen) atoms. The number of aromatic nitrogens is 1. The van der Waals surface area contributed by atoms with Gasteiger partial charge in [-0.1, -0.05) is 19.8 Å². The van der Waals surface area contributed by atoms with Gasteiger partial charge in [-0.2, -0.15) is 5.26 Å². The van der Waals surface area contributed by atoms with Gasteiger partial charge in [-0.15, -0.1) is 0 Å². The minimum absolute atomic E-state index is 0.499. The van der Waals surface area contributed by atoms with E-state index in [0.29, 0.717) is 5.69 Å². The summed E-state index contributed by atoms with van der Waals surface area (Å²) < 4.78 is 0. The Morgan fingerprint density at radius 2 is 2.25 bits per heavy atom. The van der Waals surface area contributed by atoms with Crippen LogP contribution in [0.3, 0.4) is 0 Å². The molecule has 3 heteroatoms. The Bertz CT molecular complexity index is 354. The Morgan fingerprint density at radius 3 is 2.94 bits per heavy atom. The first-order chi connectivity index (χ1) is 7.76. The summed E-state index contributed by atoms with van der Waals surface area (Å²) in [5.41, 5.74) is 1.66. The smallest absolute Gasteiger partial charge is 0.140 e. The average molecular weight is 217 g/mol. The second-order valence-corrected chi connectivity index (χ2v) is 4.11. The van der Waals surface area contributed by atoms with Gasteiger partial charge in [-0.25, -0.2) is 4.98 Å². The number of unbranched alkanes of at least 4 members (excludes halogenated alkanes) is 2. The van der Waals surface area contributed by atoms with Crippen molar-refractivity contribution in [1.29, 1.82) is 5.26 Å². The highest BCUT2D eigenvalue weighted by molar-refractivity contribution is 5.25. The van der Waals surface area contributed by atoms with Crippen LogP contribution in [0.2, 0.25) is 0 Å². The molecule has 0 fully saturated rings. The van der Waals surface area contributed by atoms with E-state index in [1.54, 1.807) is 6.20 Å². The van der Waals surface area contributed by atoms with Gasteiger partial charge >= 0.3 is 0 Å². The Morgan fingerprint density at radius 1 is 1.44 bits per heavy atom. The van der Waals surface area contributed by atoms with E-state index in [9.17, 15) is 0 Å². The van der Waals surface area contributed by atoms with Crippen LogP contribution in [0, 0.1) is 11.3 Å². The van der Waals surface area contributed by atoms with E-state index in [-0.39, 0.29) is 0 Å². The molecule has 0 atom stereocenters. The van der Waals surface area contributed by atoms with E-state index in [2.05, 4.69) is 29.9 Å². The molecule has 1 heterocycles. The zero-order valence-electron chi connectivity index (χ0n) is 10.1. The normalized spacial score (nSPS) is 10.4. The molecule has 0 amide bonds. The lowest BCUT2D eigenvalue weighted by atomic mass is 10.2. The van der Waals surface area contributed by atoms with E-state index >= 15 is 0 Å². The first kappa shape index (κ1) is 12.7. The predicted molar refractivity (Wildman–Crippen MR) is 64.8 cm³/mol. The van der Waals surface area contributed by atoms with Gasteiger partial charge in [0.25, 0.3) is 0 Å². The summed E-state index contributed by atoms with van der Waals surface area (Å²) in [4.78, 5) is 6.24. The van der Waals surface area contributed by atoms with E-state index in [0.717, 1.165) is 18.7 Å². The molecule has 1 aromatic rings. The maximum atomic E-state index is 8.74. The number of pyridine rings is 1. The van der Waals surface area contributed by atoms with E-state index in [1.807, 2.05) is 12.1 Å². The van der Waals surface area contributed by atoms with Crippen molar-refractivity contribution in [2.45, 2.75) is 32.7 Å². The highest BCUT2D eigenvalue weighted by Gasteiger charge is 2.01. The maximum Gasteiger partial charge on any atom is 0.140 e. The zero-order valence-corrected chi connectivity index (χ0v) is 10.1. The molecular weight excluding hydrogens is 198 g/mol. The molecule has 0 radical (unpaired) electrons. The number of hydrogen-bond acceptors (Lipinski definition) is 3. The van der Waals surface area contributed by atoms with Crippen LogP contribution in [0.4, 0.5) is 0 Å². The molecule has 86 valence electrons. The first-order valence-corrected chi connectivity index (χ1v) is 5.80. The fraction of sp³-hybridized carbons (Fsp3) is 0.538. The molecule has 0 aliphatic heterocycles. The van der Waals surface area contributed by atoms with Crippen LogP contribution in [-0.4, -0.2) is 23.5 Å². The van der Waals surface area contributed by atoms with Crippen LogP contribution in [0.1, 0.15) is 37.4 Å². The van der Waals surface area contributed by atoms with Crippen molar-refractivity contribution in [1.82, 2.24) is 9.88 Å². The zero-order chi connectivity index (χ0) is 11.8. The van der Waals surface area contributed by atoms with Gasteiger partial charge in [-0.3, -0.25) is 0 Å².